The molecule has 3 rings (SSSR count). The molecule has 2 heterocycles. The van der Waals surface area contributed by atoms with Gasteiger partial charge < -0.3 is 15.1 Å². The molecule has 1 fully saturated rings. The van der Waals surface area contributed by atoms with E-state index in [9.17, 15) is 9.59 Å². The lowest BCUT2D eigenvalue weighted by Gasteiger charge is -2.34. The Bertz CT molecular complexity index is 763. The summed E-state index contributed by atoms with van der Waals surface area (Å²) >= 11 is 0. The van der Waals surface area contributed by atoms with Gasteiger partial charge in [-0.1, -0.05) is 18.2 Å². The van der Waals surface area contributed by atoms with E-state index < -0.39 is 0 Å². The number of nitrogens with one attached hydrogen (secondary N) is 1. The van der Waals surface area contributed by atoms with Crippen LogP contribution in [0.2, 0.25) is 0 Å². The SMILES string of the molecule is CN(CC(=O)NCCN1CCN(c2ncccn2)CC1)C(=O)c1ccccc1. The number of anilines is 1. The first-order valence-corrected chi connectivity index (χ1v) is 9.45. The zero-order valence-electron chi connectivity index (χ0n) is 16.1. The fourth-order valence-electron chi connectivity index (χ4n) is 3.12. The lowest BCUT2D eigenvalue weighted by atomic mass is 10.2. The van der Waals surface area contributed by atoms with Crippen molar-refractivity contribution in [1.29, 1.82) is 0 Å². The fraction of sp³-hybridized carbons (Fsp3) is 0.400. The topological polar surface area (TPSA) is 81.7 Å². The Labute approximate surface area is 165 Å². The molecule has 1 N–H and O–H groups in total. The van der Waals surface area contributed by atoms with Gasteiger partial charge in [0.05, 0.1) is 6.54 Å². The Balaban J connectivity index is 1.34. The van der Waals surface area contributed by atoms with Crippen LogP contribution in [0.1, 0.15) is 10.4 Å². The van der Waals surface area contributed by atoms with Gasteiger partial charge in [0.1, 0.15) is 0 Å². The molecule has 148 valence electrons. The van der Waals surface area contributed by atoms with Gasteiger partial charge in [-0.2, -0.15) is 0 Å². The molecular weight excluding hydrogens is 356 g/mol. The highest BCUT2D eigenvalue weighted by atomic mass is 16.2. The first-order valence-electron chi connectivity index (χ1n) is 9.45. The van der Waals surface area contributed by atoms with Crippen LogP contribution in [-0.2, 0) is 4.79 Å². The summed E-state index contributed by atoms with van der Waals surface area (Å²) in [6.45, 7) is 4.94. The molecule has 0 aliphatic carbocycles. The Morgan fingerprint density at radius 1 is 1.04 bits per heavy atom. The maximum atomic E-state index is 12.3. The van der Waals surface area contributed by atoms with Crippen molar-refractivity contribution in [3.63, 3.8) is 0 Å². The van der Waals surface area contributed by atoms with E-state index in [0.29, 0.717) is 12.1 Å². The molecule has 2 aromatic rings. The molecule has 0 radical (unpaired) electrons. The highest BCUT2D eigenvalue weighted by molar-refractivity contribution is 5.96. The van der Waals surface area contributed by atoms with E-state index in [0.717, 1.165) is 38.7 Å². The molecule has 0 saturated carbocycles. The molecule has 0 spiro atoms. The van der Waals surface area contributed by atoms with Gasteiger partial charge in [0.2, 0.25) is 11.9 Å². The maximum absolute atomic E-state index is 12.3. The Kier molecular flexibility index (Phi) is 6.91. The van der Waals surface area contributed by atoms with Crippen molar-refractivity contribution < 1.29 is 9.59 Å². The van der Waals surface area contributed by atoms with Crippen molar-refractivity contribution in [2.45, 2.75) is 0 Å². The van der Waals surface area contributed by atoms with Crippen LogP contribution in [-0.4, -0.2) is 84.4 Å². The summed E-state index contributed by atoms with van der Waals surface area (Å²) in [5.41, 5.74) is 0.582. The van der Waals surface area contributed by atoms with E-state index in [1.54, 1.807) is 31.6 Å². The fourth-order valence-corrected chi connectivity index (χ4v) is 3.12. The zero-order valence-corrected chi connectivity index (χ0v) is 16.1. The highest BCUT2D eigenvalue weighted by Gasteiger charge is 2.19. The third kappa shape index (κ3) is 5.50. The molecule has 28 heavy (non-hydrogen) atoms. The molecule has 2 amide bonds. The number of amides is 2. The zero-order chi connectivity index (χ0) is 19.8. The van der Waals surface area contributed by atoms with Gasteiger partial charge in [-0.15, -0.1) is 0 Å². The van der Waals surface area contributed by atoms with E-state index in [1.165, 1.54) is 4.90 Å². The molecule has 8 heteroatoms. The standard InChI is InChI=1S/C20H26N6O2/c1-24(19(28)17-6-3-2-4-7-17)16-18(27)21-10-11-25-12-14-26(15-13-25)20-22-8-5-9-23-20/h2-9H,10-16H2,1H3,(H,21,27). The van der Waals surface area contributed by atoms with Crippen LogP contribution in [0, 0.1) is 0 Å². The molecule has 1 aromatic carbocycles. The third-order valence-electron chi connectivity index (χ3n) is 4.71. The van der Waals surface area contributed by atoms with E-state index in [2.05, 4.69) is 25.1 Å². The summed E-state index contributed by atoms with van der Waals surface area (Å²) in [6, 6.07) is 10.8. The van der Waals surface area contributed by atoms with E-state index in [4.69, 9.17) is 0 Å². The summed E-state index contributed by atoms with van der Waals surface area (Å²) in [5, 5.41) is 2.90. The molecule has 1 aromatic heterocycles. The monoisotopic (exact) mass is 382 g/mol. The number of likely N-dealkylation sites (N-methyl/N-ethyl adjacent to an activating group) is 1. The van der Waals surface area contributed by atoms with Crippen LogP contribution in [0.15, 0.2) is 48.8 Å². The average Bonchev–Trinajstić information content (AvgIpc) is 2.75. The van der Waals surface area contributed by atoms with E-state index >= 15 is 0 Å². The Morgan fingerprint density at radius 3 is 2.39 bits per heavy atom. The first kappa shape index (κ1) is 19.8. The van der Waals surface area contributed by atoms with Gasteiger partial charge >= 0.3 is 0 Å². The lowest BCUT2D eigenvalue weighted by Crippen LogP contribution is -2.49. The Hall–Kier alpha value is -3.00. The van der Waals surface area contributed by atoms with Crippen LogP contribution in [0.5, 0.6) is 0 Å². The van der Waals surface area contributed by atoms with Crippen molar-refractivity contribution in [2.75, 3.05) is 57.8 Å². The number of carbonyl (C=O) groups is 2. The summed E-state index contributed by atoms with van der Waals surface area (Å²) in [6.07, 6.45) is 3.51. The van der Waals surface area contributed by atoms with E-state index in [1.807, 2.05) is 24.3 Å². The van der Waals surface area contributed by atoms with Crippen LogP contribution >= 0.6 is 0 Å². The molecule has 0 atom stereocenters. The molecule has 1 aliphatic rings. The van der Waals surface area contributed by atoms with Crippen LogP contribution in [0.25, 0.3) is 0 Å². The minimum Gasteiger partial charge on any atom is -0.353 e. The minimum absolute atomic E-state index is 0.0485. The molecule has 1 aliphatic heterocycles. The number of carbonyl (C=O) groups excluding carboxylic acids is 2. The highest BCUT2D eigenvalue weighted by Crippen LogP contribution is 2.09. The number of aromatic nitrogens is 2. The second-order valence-corrected chi connectivity index (χ2v) is 6.75. The second kappa shape index (κ2) is 9.80. The number of hydrogen-bond donors (Lipinski definition) is 1. The molecule has 8 nitrogen and oxygen atoms in total. The lowest BCUT2D eigenvalue weighted by molar-refractivity contribution is -0.121. The largest absolute Gasteiger partial charge is 0.353 e. The summed E-state index contributed by atoms with van der Waals surface area (Å²) in [4.78, 5) is 38.9. The smallest absolute Gasteiger partial charge is 0.254 e. The number of hydrogen-bond acceptors (Lipinski definition) is 6. The predicted molar refractivity (Wildman–Crippen MR) is 107 cm³/mol. The molecular formula is C20H26N6O2. The molecule has 0 unspecified atom stereocenters. The number of nitrogens with zero attached hydrogens (tertiary/aromatic N) is 5. The van der Waals surface area contributed by atoms with Crippen molar-refractivity contribution >= 4 is 17.8 Å². The Morgan fingerprint density at radius 2 is 1.71 bits per heavy atom. The van der Waals surface area contributed by atoms with Crippen LogP contribution < -0.4 is 10.2 Å². The van der Waals surface area contributed by atoms with Gasteiger partial charge in [0.25, 0.3) is 5.91 Å². The molecule has 1 saturated heterocycles. The van der Waals surface area contributed by atoms with Gasteiger partial charge in [0, 0.05) is 64.3 Å². The van der Waals surface area contributed by atoms with Crippen LogP contribution in [0.4, 0.5) is 5.95 Å². The number of piperazine rings is 1. The predicted octanol–water partition coefficient (Wildman–Crippen LogP) is 0.487. The summed E-state index contributed by atoms with van der Waals surface area (Å²) in [7, 11) is 1.64. The van der Waals surface area contributed by atoms with Gasteiger partial charge in [-0.05, 0) is 18.2 Å². The van der Waals surface area contributed by atoms with Crippen molar-refractivity contribution in [3.8, 4) is 0 Å². The van der Waals surface area contributed by atoms with Crippen LogP contribution in [0.3, 0.4) is 0 Å². The average molecular weight is 382 g/mol. The maximum Gasteiger partial charge on any atom is 0.254 e. The van der Waals surface area contributed by atoms with Gasteiger partial charge in [-0.25, -0.2) is 9.97 Å². The molecule has 0 bridgehead atoms. The second-order valence-electron chi connectivity index (χ2n) is 6.75. The van der Waals surface area contributed by atoms with Crippen molar-refractivity contribution in [3.05, 3.63) is 54.4 Å². The summed E-state index contributed by atoms with van der Waals surface area (Å²) in [5.74, 6) is 0.458. The minimum atomic E-state index is -0.157. The third-order valence-corrected chi connectivity index (χ3v) is 4.71. The number of rotatable bonds is 7. The normalized spacial score (nSPS) is 14.5. The van der Waals surface area contributed by atoms with Gasteiger partial charge in [0.15, 0.2) is 0 Å². The van der Waals surface area contributed by atoms with Gasteiger partial charge in [-0.3, -0.25) is 14.5 Å². The van der Waals surface area contributed by atoms with Crippen molar-refractivity contribution in [2.24, 2.45) is 0 Å². The number of benzene rings is 1. The first-order chi connectivity index (χ1) is 13.6. The summed E-state index contributed by atoms with van der Waals surface area (Å²) < 4.78 is 0. The van der Waals surface area contributed by atoms with Crippen molar-refractivity contribution in [1.82, 2.24) is 25.1 Å². The quantitative estimate of drug-likeness (QED) is 0.751. The van der Waals surface area contributed by atoms with E-state index in [-0.39, 0.29) is 18.4 Å².